The lowest BCUT2D eigenvalue weighted by molar-refractivity contribution is -0.137. The van der Waals surface area contributed by atoms with Crippen LogP contribution in [0.1, 0.15) is 24.0 Å². The number of amides is 2. The lowest BCUT2D eigenvalue weighted by atomic mass is 10.1. The molecule has 0 aliphatic carbocycles. The van der Waals surface area contributed by atoms with Gasteiger partial charge in [0.1, 0.15) is 4.32 Å². The first-order valence-electron chi connectivity index (χ1n) is 10.1. The maximum atomic E-state index is 12.8. The van der Waals surface area contributed by atoms with Gasteiger partial charge in [0.05, 0.1) is 24.7 Å². The lowest BCUT2D eigenvalue weighted by Crippen LogP contribution is -2.29. The first-order chi connectivity index (χ1) is 16.1. The molecule has 0 aromatic heterocycles. The minimum Gasteiger partial charge on any atom is -0.493 e. The van der Waals surface area contributed by atoms with Crippen molar-refractivity contribution in [3.05, 3.63) is 58.5 Å². The van der Waals surface area contributed by atoms with E-state index in [0.717, 1.165) is 29.5 Å². The van der Waals surface area contributed by atoms with Crippen LogP contribution in [0.3, 0.4) is 0 Å². The third-order valence-electron chi connectivity index (χ3n) is 4.84. The van der Waals surface area contributed by atoms with Gasteiger partial charge in [0.15, 0.2) is 11.5 Å². The minimum absolute atomic E-state index is 0.0159. The number of carbonyl (C=O) groups is 2. The van der Waals surface area contributed by atoms with Crippen molar-refractivity contribution in [2.24, 2.45) is 0 Å². The highest BCUT2D eigenvalue weighted by molar-refractivity contribution is 8.26. The van der Waals surface area contributed by atoms with E-state index < -0.39 is 17.6 Å². The number of benzene rings is 2. The second kappa shape index (κ2) is 10.9. The van der Waals surface area contributed by atoms with E-state index >= 15 is 0 Å². The lowest BCUT2D eigenvalue weighted by Gasteiger charge is -2.14. The zero-order valence-corrected chi connectivity index (χ0v) is 19.9. The van der Waals surface area contributed by atoms with Gasteiger partial charge in [0.2, 0.25) is 5.91 Å². The summed E-state index contributed by atoms with van der Waals surface area (Å²) < 4.78 is 49.3. The van der Waals surface area contributed by atoms with Crippen molar-refractivity contribution in [2.75, 3.05) is 26.1 Å². The summed E-state index contributed by atoms with van der Waals surface area (Å²) in [7, 11) is 3.05. The summed E-state index contributed by atoms with van der Waals surface area (Å²) >= 11 is 6.46. The van der Waals surface area contributed by atoms with Crippen LogP contribution in [0, 0.1) is 0 Å². The van der Waals surface area contributed by atoms with E-state index in [0.29, 0.717) is 27.1 Å². The molecule has 1 heterocycles. The standard InChI is InChI=1S/C23H21F3N2O4S2/c1-31-17-9-8-14(11-18(17)32-2)12-19-21(30)28(22(33)34-19)10-4-7-20(29)27-16-6-3-5-15(13-16)23(24,25)26/h3,5-6,8-9,11-13H,4,7,10H2,1-2H3,(H,27,29)/b19-12-. The van der Waals surface area contributed by atoms with Crippen LogP contribution in [0.25, 0.3) is 6.08 Å². The van der Waals surface area contributed by atoms with Crippen molar-refractivity contribution in [3.63, 3.8) is 0 Å². The first kappa shape index (κ1) is 25.6. The third-order valence-corrected chi connectivity index (χ3v) is 6.22. The average Bonchev–Trinajstić information content (AvgIpc) is 3.05. The molecular weight excluding hydrogens is 489 g/mol. The van der Waals surface area contributed by atoms with Crippen molar-refractivity contribution in [3.8, 4) is 11.5 Å². The maximum Gasteiger partial charge on any atom is 0.416 e. The van der Waals surface area contributed by atoms with E-state index in [-0.39, 0.29) is 24.6 Å². The Bertz CT molecular complexity index is 1140. The molecule has 2 aromatic rings. The molecular formula is C23H21F3N2O4S2. The van der Waals surface area contributed by atoms with Crippen LogP contribution in [-0.4, -0.2) is 41.8 Å². The van der Waals surface area contributed by atoms with Gasteiger partial charge in [-0.15, -0.1) is 0 Å². The summed E-state index contributed by atoms with van der Waals surface area (Å²) in [6.45, 7) is 0.212. The van der Waals surface area contributed by atoms with E-state index in [1.54, 1.807) is 24.3 Å². The Balaban J connectivity index is 1.57. The summed E-state index contributed by atoms with van der Waals surface area (Å²) in [6, 6.07) is 9.67. The van der Waals surface area contributed by atoms with Crippen molar-refractivity contribution in [2.45, 2.75) is 19.0 Å². The summed E-state index contributed by atoms with van der Waals surface area (Å²) in [5.74, 6) is 0.364. The smallest absolute Gasteiger partial charge is 0.416 e. The number of thioether (sulfide) groups is 1. The van der Waals surface area contributed by atoms with Gasteiger partial charge < -0.3 is 14.8 Å². The van der Waals surface area contributed by atoms with Crippen molar-refractivity contribution in [1.82, 2.24) is 4.90 Å². The van der Waals surface area contributed by atoms with Crippen molar-refractivity contribution < 1.29 is 32.2 Å². The zero-order valence-electron chi connectivity index (χ0n) is 18.3. The molecule has 34 heavy (non-hydrogen) atoms. The van der Waals surface area contributed by atoms with E-state index in [2.05, 4.69) is 5.32 Å². The van der Waals surface area contributed by atoms with Gasteiger partial charge in [-0.05, 0) is 48.4 Å². The summed E-state index contributed by atoms with van der Waals surface area (Å²) in [5, 5.41) is 2.45. The number of hydrogen-bond donors (Lipinski definition) is 1. The van der Waals surface area contributed by atoms with Crippen LogP contribution in [0.5, 0.6) is 11.5 Å². The van der Waals surface area contributed by atoms with Crippen LogP contribution in [0.4, 0.5) is 18.9 Å². The molecule has 0 spiro atoms. The molecule has 0 unspecified atom stereocenters. The summed E-state index contributed by atoms with van der Waals surface area (Å²) in [4.78, 5) is 26.8. The fourth-order valence-corrected chi connectivity index (χ4v) is 4.49. The number of methoxy groups -OCH3 is 2. The highest BCUT2D eigenvalue weighted by Crippen LogP contribution is 2.35. The molecule has 180 valence electrons. The fraction of sp³-hybridized carbons (Fsp3) is 0.261. The Morgan fingerprint density at radius 2 is 1.88 bits per heavy atom. The van der Waals surface area contributed by atoms with E-state index in [1.807, 2.05) is 0 Å². The topological polar surface area (TPSA) is 67.9 Å². The molecule has 2 amide bonds. The van der Waals surface area contributed by atoms with Crippen LogP contribution in [0.2, 0.25) is 0 Å². The molecule has 0 atom stereocenters. The molecule has 1 saturated heterocycles. The zero-order chi connectivity index (χ0) is 24.9. The Labute approximate surface area is 204 Å². The van der Waals surface area contributed by atoms with Gasteiger partial charge in [-0.1, -0.05) is 36.1 Å². The Morgan fingerprint density at radius 1 is 1.15 bits per heavy atom. The Hall–Kier alpha value is -3.05. The van der Waals surface area contributed by atoms with E-state index in [9.17, 15) is 22.8 Å². The molecule has 1 N–H and O–H groups in total. The van der Waals surface area contributed by atoms with Crippen LogP contribution in [-0.2, 0) is 15.8 Å². The van der Waals surface area contributed by atoms with Gasteiger partial charge in [-0.3, -0.25) is 14.5 Å². The van der Waals surface area contributed by atoms with Crippen molar-refractivity contribution >= 4 is 51.9 Å². The average molecular weight is 511 g/mol. The summed E-state index contributed by atoms with van der Waals surface area (Å²) in [6.07, 6.45) is -2.49. The second-order valence-electron chi connectivity index (χ2n) is 7.18. The number of carbonyl (C=O) groups excluding carboxylic acids is 2. The first-order valence-corrected chi connectivity index (χ1v) is 11.3. The fourth-order valence-electron chi connectivity index (χ4n) is 3.18. The van der Waals surface area contributed by atoms with Crippen LogP contribution < -0.4 is 14.8 Å². The molecule has 3 rings (SSSR count). The van der Waals surface area contributed by atoms with E-state index in [4.69, 9.17) is 21.7 Å². The third kappa shape index (κ3) is 6.29. The number of nitrogens with zero attached hydrogens (tertiary/aromatic N) is 1. The number of nitrogens with one attached hydrogen (secondary N) is 1. The van der Waals surface area contributed by atoms with Gasteiger partial charge >= 0.3 is 6.18 Å². The van der Waals surface area contributed by atoms with E-state index in [1.165, 1.54) is 31.3 Å². The molecule has 0 saturated carbocycles. The number of rotatable bonds is 8. The SMILES string of the molecule is COc1ccc(/C=C2\SC(=S)N(CCCC(=O)Nc3cccc(C(F)(F)F)c3)C2=O)cc1OC. The molecule has 1 aliphatic rings. The predicted octanol–water partition coefficient (Wildman–Crippen LogP) is 5.34. The monoisotopic (exact) mass is 510 g/mol. The second-order valence-corrected chi connectivity index (χ2v) is 8.85. The Morgan fingerprint density at radius 3 is 2.56 bits per heavy atom. The summed E-state index contributed by atoms with van der Waals surface area (Å²) in [5.41, 5.74) is -0.0500. The minimum atomic E-state index is -4.49. The molecule has 11 heteroatoms. The largest absolute Gasteiger partial charge is 0.493 e. The molecule has 0 bridgehead atoms. The predicted molar refractivity (Wildman–Crippen MR) is 129 cm³/mol. The molecule has 0 radical (unpaired) electrons. The number of hydrogen-bond acceptors (Lipinski definition) is 6. The molecule has 1 aliphatic heterocycles. The number of alkyl halides is 3. The van der Waals surface area contributed by atoms with Crippen LogP contribution >= 0.6 is 24.0 Å². The molecule has 1 fully saturated rings. The highest BCUT2D eigenvalue weighted by atomic mass is 32.2. The highest BCUT2D eigenvalue weighted by Gasteiger charge is 2.32. The molecule has 6 nitrogen and oxygen atoms in total. The maximum absolute atomic E-state index is 12.8. The number of thiocarbonyl (C=S) groups is 1. The van der Waals surface area contributed by atoms with Crippen LogP contribution in [0.15, 0.2) is 47.4 Å². The number of anilines is 1. The number of halogens is 3. The normalized spacial score (nSPS) is 15.1. The molecule has 2 aromatic carbocycles. The quantitative estimate of drug-likeness (QED) is 0.382. The van der Waals surface area contributed by atoms with Crippen molar-refractivity contribution in [1.29, 1.82) is 0 Å². The number of ether oxygens (including phenoxy) is 2. The van der Waals surface area contributed by atoms with Gasteiger partial charge in [-0.25, -0.2) is 0 Å². The Kier molecular flexibility index (Phi) is 8.21. The van der Waals surface area contributed by atoms with Gasteiger partial charge in [0, 0.05) is 18.7 Å². The van der Waals surface area contributed by atoms with Gasteiger partial charge in [0.25, 0.3) is 5.91 Å². The van der Waals surface area contributed by atoms with Gasteiger partial charge in [-0.2, -0.15) is 13.2 Å².